The molecule has 0 bridgehead atoms. The van der Waals surface area contributed by atoms with E-state index in [0.29, 0.717) is 0 Å². The predicted octanol–water partition coefficient (Wildman–Crippen LogP) is 4.18. The third-order valence-electron chi connectivity index (χ3n) is 1.58. The zero-order chi connectivity index (χ0) is 11.1. The average molecular weight is 189 g/mol. The second kappa shape index (κ2) is 22.7. The number of likely N-dealkylation sites (tertiary alicyclic amines) is 1. The Morgan fingerprint density at radius 1 is 0.615 bits per heavy atom. The molecule has 13 heavy (non-hydrogen) atoms. The van der Waals surface area contributed by atoms with Gasteiger partial charge in [-0.2, -0.15) is 0 Å². The molecule has 0 saturated carbocycles. The number of hydrogen-bond acceptors (Lipinski definition) is 1. The lowest BCUT2D eigenvalue weighted by atomic mass is 10.1. The lowest BCUT2D eigenvalue weighted by Gasteiger charge is -2.20. The van der Waals surface area contributed by atoms with Crippen molar-refractivity contribution in [1.82, 2.24) is 4.90 Å². The van der Waals surface area contributed by atoms with E-state index >= 15 is 0 Å². The normalized spacial score (nSPS) is 15.0. The Balaban J connectivity index is -0.000000144. The van der Waals surface area contributed by atoms with Gasteiger partial charge in [-0.05, 0) is 33.0 Å². The second-order valence-corrected chi connectivity index (χ2v) is 2.36. The van der Waals surface area contributed by atoms with E-state index in [0.717, 1.165) is 0 Å². The Kier molecular flexibility index (Phi) is 32.6. The predicted molar refractivity (Wildman–Crippen MR) is 65.4 cm³/mol. The Morgan fingerprint density at radius 2 is 0.923 bits per heavy atom. The molecule has 0 amide bonds. The molecule has 1 aliphatic heterocycles. The first-order valence-corrected chi connectivity index (χ1v) is 6.08. The molecule has 84 valence electrons. The minimum atomic E-state index is 1.32. The number of hydrogen-bond donors (Lipinski definition) is 0. The maximum Gasteiger partial charge on any atom is -0.00218 e. The van der Waals surface area contributed by atoms with Gasteiger partial charge in [-0.15, -0.1) is 0 Å². The van der Waals surface area contributed by atoms with Gasteiger partial charge in [0.15, 0.2) is 0 Å². The molecule has 0 aromatic heterocycles. The molecule has 0 aromatic rings. The number of piperidine rings is 1. The Bertz CT molecular complexity index is 47.1. The second-order valence-electron chi connectivity index (χ2n) is 2.36. The van der Waals surface area contributed by atoms with Crippen LogP contribution in [0.4, 0.5) is 0 Å². The molecular formula is C12H31N. The molecule has 0 unspecified atom stereocenters. The number of nitrogens with zero attached hydrogens (tertiary/aromatic N) is 1. The molecule has 0 spiro atoms. The Labute approximate surface area is 86.5 Å². The van der Waals surface area contributed by atoms with Gasteiger partial charge >= 0.3 is 0 Å². The summed E-state index contributed by atoms with van der Waals surface area (Å²) >= 11 is 0. The quantitative estimate of drug-likeness (QED) is 0.552. The van der Waals surface area contributed by atoms with E-state index in [4.69, 9.17) is 0 Å². The van der Waals surface area contributed by atoms with Gasteiger partial charge < -0.3 is 4.90 Å². The molecule has 1 aliphatic rings. The van der Waals surface area contributed by atoms with Gasteiger partial charge in [0.1, 0.15) is 0 Å². The van der Waals surface area contributed by atoms with Crippen molar-refractivity contribution in [3.63, 3.8) is 0 Å². The molecule has 1 heteroatoms. The summed E-state index contributed by atoms with van der Waals surface area (Å²) in [4.78, 5) is 2.39. The summed E-state index contributed by atoms with van der Waals surface area (Å²) in [5.74, 6) is 0. The molecule has 1 heterocycles. The molecule has 0 aromatic carbocycles. The van der Waals surface area contributed by atoms with Gasteiger partial charge in [-0.25, -0.2) is 0 Å². The molecule has 0 N–H and O–H groups in total. The van der Waals surface area contributed by atoms with Crippen LogP contribution in [0.25, 0.3) is 0 Å². The van der Waals surface area contributed by atoms with Gasteiger partial charge in [0.2, 0.25) is 0 Å². The van der Waals surface area contributed by atoms with Gasteiger partial charge in [0.05, 0.1) is 0 Å². The van der Waals surface area contributed by atoms with Gasteiger partial charge in [-0.1, -0.05) is 48.0 Å². The first-order chi connectivity index (χ1) is 6.39. The van der Waals surface area contributed by atoms with Crippen molar-refractivity contribution < 1.29 is 0 Å². The summed E-state index contributed by atoms with van der Waals surface area (Å²) in [7, 11) is 2.19. The fourth-order valence-electron chi connectivity index (χ4n) is 1.05. The molecule has 1 fully saturated rings. The van der Waals surface area contributed by atoms with Crippen LogP contribution >= 0.6 is 0 Å². The van der Waals surface area contributed by atoms with Crippen molar-refractivity contribution in [2.45, 2.75) is 60.8 Å². The summed E-state index contributed by atoms with van der Waals surface area (Å²) in [6.45, 7) is 14.6. The fourth-order valence-corrected chi connectivity index (χ4v) is 1.05. The van der Waals surface area contributed by atoms with Crippen LogP contribution in [0, 0.1) is 0 Å². The monoisotopic (exact) mass is 189 g/mol. The minimum absolute atomic E-state index is 1.32. The molecular weight excluding hydrogens is 158 g/mol. The molecule has 1 saturated heterocycles. The highest BCUT2D eigenvalue weighted by Gasteiger charge is 2.02. The molecule has 0 atom stereocenters. The van der Waals surface area contributed by atoms with E-state index in [1.165, 1.54) is 32.4 Å². The van der Waals surface area contributed by atoms with Crippen LogP contribution in [-0.4, -0.2) is 25.0 Å². The third kappa shape index (κ3) is 18.7. The summed E-state index contributed by atoms with van der Waals surface area (Å²) < 4.78 is 0. The molecule has 0 aliphatic carbocycles. The first kappa shape index (κ1) is 18.7. The van der Waals surface area contributed by atoms with Crippen molar-refractivity contribution in [3.05, 3.63) is 0 Å². The highest BCUT2D eigenvalue weighted by molar-refractivity contribution is 4.58. The van der Waals surface area contributed by atoms with Crippen LogP contribution in [0.5, 0.6) is 0 Å². The summed E-state index contributed by atoms with van der Waals surface area (Å²) in [5.41, 5.74) is 0. The van der Waals surface area contributed by atoms with Crippen LogP contribution < -0.4 is 0 Å². The van der Waals surface area contributed by atoms with Crippen LogP contribution in [0.3, 0.4) is 0 Å². The Hall–Kier alpha value is -0.0400. The number of rotatable bonds is 0. The minimum Gasteiger partial charge on any atom is -0.306 e. The lowest BCUT2D eigenvalue weighted by molar-refractivity contribution is 0.277. The lowest BCUT2D eigenvalue weighted by Crippen LogP contribution is -2.24. The zero-order valence-electron chi connectivity index (χ0n) is 11.0. The van der Waals surface area contributed by atoms with Crippen LogP contribution in [0.15, 0.2) is 0 Å². The van der Waals surface area contributed by atoms with Crippen molar-refractivity contribution in [1.29, 1.82) is 0 Å². The van der Waals surface area contributed by atoms with Crippen molar-refractivity contribution in [3.8, 4) is 0 Å². The van der Waals surface area contributed by atoms with Crippen LogP contribution in [-0.2, 0) is 0 Å². The van der Waals surface area contributed by atoms with Gasteiger partial charge in [0.25, 0.3) is 0 Å². The average Bonchev–Trinajstić information content (AvgIpc) is 2.28. The third-order valence-corrected chi connectivity index (χ3v) is 1.58. The smallest absolute Gasteiger partial charge is 0.00218 e. The van der Waals surface area contributed by atoms with Crippen LogP contribution in [0.2, 0.25) is 0 Å². The summed E-state index contributed by atoms with van der Waals surface area (Å²) in [6.07, 6.45) is 4.28. The van der Waals surface area contributed by atoms with E-state index in [9.17, 15) is 0 Å². The first-order valence-electron chi connectivity index (χ1n) is 6.08. The maximum atomic E-state index is 2.39. The van der Waals surface area contributed by atoms with E-state index < -0.39 is 0 Å². The van der Waals surface area contributed by atoms with Crippen molar-refractivity contribution in [2.75, 3.05) is 20.1 Å². The van der Waals surface area contributed by atoms with E-state index in [2.05, 4.69) is 11.9 Å². The van der Waals surface area contributed by atoms with Gasteiger partial charge in [0, 0.05) is 0 Å². The van der Waals surface area contributed by atoms with E-state index in [-0.39, 0.29) is 0 Å². The highest BCUT2D eigenvalue weighted by Crippen LogP contribution is 2.04. The summed E-state index contributed by atoms with van der Waals surface area (Å²) in [5, 5.41) is 0. The van der Waals surface area contributed by atoms with Crippen molar-refractivity contribution in [2.24, 2.45) is 0 Å². The van der Waals surface area contributed by atoms with E-state index in [1.54, 1.807) is 0 Å². The van der Waals surface area contributed by atoms with E-state index in [1.807, 2.05) is 41.5 Å². The SMILES string of the molecule is CC.CC.CC.CN1CCCCC1. The topological polar surface area (TPSA) is 3.24 Å². The highest BCUT2D eigenvalue weighted by atomic mass is 15.1. The molecule has 0 radical (unpaired) electrons. The zero-order valence-corrected chi connectivity index (χ0v) is 11.0. The van der Waals surface area contributed by atoms with Gasteiger partial charge in [-0.3, -0.25) is 0 Å². The summed E-state index contributed by atoms with van der Waals surface area (Å²) in [6, 6.07) is 0. The standard InChI is InChI=1S/C6H13N.3C2H6/c1-7-5-3-2-4-6-7;3*1-2/h2-6H2,1H3;3*1-2H3. The molecule has 1 nitrogen and oxygen atoms in total. The van der Waals surface area contributed by atoms with Crippen LogP contribution in [0.1, 0.15) is 60.8 Å². The largest absolute Gasteiger partial charge is 0.306 e. The fraction of sp³-hybridized carbons (Fsp3) is 1.00. The van der Waals surface area contributed by atoms with Crippen molar-refractivity contribution >= 4 is 0 Å². The molecule has 1 rings (SSSR count). The Morgan fingerprint density at radius 3 is 1.08 bits per heavy atom. The maximum absolute atomic E-state index is 2.39.